The predicted molar refractivity (Wildman–Crippen MR) is 124 cm³/mol. The van der Waals surface area contributed by atoms with E-state index in [1.165, 1.54) is 11.3 Å². The van der Waals surface area contributed by atoms with Crippen molar-refractivity contribution in [1.82, 2.24) is 20.6 Å². The van der Waals surface area contributed by atoms with Gasteiger partial charge in [0, 0.05) is 18.5 Å². The van der Waals surface area contributed by atoms with Crippen LogP contribution in [0.4, 0.5) is 0 Å². The SMILES string of the molecule is Cc1ccc(C)c(S(=O)(=O)NCCC(=O)NNC(=O)c2sc(-c3ccccc3)nc2C)c1. The summed E-state index contributed by atoms with van der Waals surface area (Å²) in [7, 11) is -3.74. The summed E-state index contributed by atoms with van der Waals surface area (Å²) in [5, 5.41) is 0.709. The van der Waals surface area contributed by atoms with Gasteiger partial charge in [0.1, 0.15) is 9.88 Å². The summed E-state index contributed by atoms with van der Waals surface area (Å²) in [6.07, 6.45) is -0.138. The van der Waals surface area contributed by atoms with E-state index in [1.807, 2.05) is 43.3 Å². The summed E-state index contributed by atoms with van der Waals surface area (Å²) in [6, 6.07) is 14.6. The molecule has 0 saturated heterocycles. The predicted octanol–water partition coefficient (Wildman–Crippen LogP) is 2.86. The van der Waals surface area contributed by atoms with Gasteiger partial charge in [0.2, 0.25) is 15.9 Å². The molecule has 0 saturated carbocycles. The molecule has 0 fully saturated rings. The number of nitrogens with one attached hydrogen (secondary N) is 3. The van der Waals surface area contributed by atoms with E-state index in [-0.39, 0.29) is 17.9 Å². The lowest BCUT2D eigenvalue weighted by Crippen LogP contribution is -2.42. The van der Waals surface area contributed by atoms with Crippen molar-refractivity contribution < 1.29 is 18.0 Å². The highest BCUT2D eigenvalue weighted by atomic mass is 32.2. The zero-order chi connectivity index (χ0) is 23.3. The number of carbonyl (C=O) groups excluding carboxylic acids is 2. The zero-order valence-electron chi connectivity index (χ0n) is 17.9. The lowest BCUT2D eigenvalue weighted by molar-refractivity contribution is -0.121. The van der Waals surface area contributed by atoms with Gasteiger partial charge in [-0.25, -0.2) is 18.1 Å². The van der Waals surface area contributed by atoms with Crippen LogP contribution in [0.5, 0.6) is 0 Å². The summed E-state index contributed by atoms with van der Waals surface area (Å²) < 4.78 is 27.4. The average molecular weight is 473 g/mol. The van der Waals surface area contributed by atoms with Gasteiger partial charge in [-0.2, -0.15) is 0 Å². The molecule has 1 aromatic heterocycles. The van der Waals surface area contributed by atoms with Crippen molar-refractivity contribution in [1.29, 1.82) is 0 Å². The maximum absolute atomic E-state index is 12.5. The molecular weight excluding hydrogens is 448 g/mol. The van der Waals surface area contributed by atoms with E-state index in [0.29, 0.717) is 21.1 Å². The number of nitrogens with zero attached hydrogens (tertiary/aromatic N) is 1. The Hall–Kier alpha value is -3.08. The summed E-state index contributed by atoms with van der Waals surface area (Å²) >= 11 is 1.23. The van der Waals surface area contributed by atoms with Crippen LogP contribution in [-0.2, 0) is 14.8 Å². The van der Waals surface area contributed by atoms with E-state index in [9.17, 15) is 18.0 Å². The minimum atomic E-state index is -3.74. The largest absolute Gasteiger partial charge is 0.281 e. The fourth-order valence-corrected chi connectivity index (χ4v) is 5.26. The van der Waals surface area contributed by atoms with E-state index in [4.69, 9.17) is 0 Å². The topological polar surface area (TPSA) is 117 Å². The van der Waals surface area contributed by atoms with Crippen molar-refractivity contribution in [2.24, 2.45) is 0 Å². The Labute approximate surface area is 191 Å². The molecule has 0 unspecified atom stereocenters. The van der Waals surface area contributed by atoms with Crippen molar-refractivity contribution in [3.05, 3.63) is 70.2 Å². The lowest BCUT2D eigenvalue weighted by atomic mass is 10.2. The number of amides is 2. The van der Waals surface area contributed by atoms with Gasteiger partial charge in [0.05, 0.1) is 10.6 Å². The maximum atomic E-state index is 12.5. The van der Waals surface area contributed by atoms with Crippen LogP contribution in [0.2, 0.25) is 0 Å². The average Bonchev–Trinajstić information content (AvgIpc) is 3.16. The van der Waals surface area contributed by atoms with Gasteiger partial charge in [0.25, 0.3) is 5.91 Å². The number of aromatic nitrogens is 1. The van der Waals surface area contributed by atoms with Gasteiger partial charge in [-0.1, -0.05) is 42.5 Å². The Bertz CT molecular complexity index is 1240. The van der Waals surface area contributed by atoms with E-state index >= 15 is 0 Å². The Morgan fingerprint density at radius 2 is 1.72 bits per heavy atom. The quantitative estimate of drug-likeness (QED) is 0.457. The van der Waals surface area contributed by atoms with Crippen LogP contribution in [0, 0.1) is 20.8 Å². The Morgan fingerprint density at radius 3 is 2.44 bits per heavy atom. The first-order valence-corrected chi connectivity index (χ1v) is 12.2. The van der Waals surface area contributed by atoms with E-state index in [0.717, 1.165) is 11.1 Å². The molecule has 168 valence electrons. The Balaban J connectivity index is 1.51. The zero-order valence-corrected chi connectivity index (χ0v) is 19.6. The third-order valence-electron chi connectivity index (χ3n) is 4.62. The monoisotopic (exact) mass is 472 g/mol. The van der Waals surface area contributed by atoms with Crippen LogP contribution in [0.15, 0.2) is 53.4 Å². The molecule has 2 amide bonds. The van der Waals surface area contributed by atoms with Gasteiger partial charge >= 0.3 is 0 Å². The molecule has 10 heteroatoms. The van der Waals surface area contributed by atoms with Crippen LogP contribution in [0.3, 0.4) is 0 Å². The minimum Gasteiger partial charge on any atom is -0.273 e. The van der Waals surface area contributed by atoms with Gasteiger partial charge in [-0.3, -0.25) is 20.4 Å². The molecule has 0 aliphatic carbocycles. The Morgan fingerprint density at radius 1 is 1.00 bits per heavy atom. The fraction of sp³-hybridized carbons (Fsp3) is 0.227. The van der Waals surface area contributed by atoms with Crippen LogP contribution in [-0.4, -0.2) is 31.8 Å². The summed E-state index contributed by atoms with van der Waals surface area (Å²) in [5.74, 6) is -1.00. The smallest absolute Gasteiger partial charge is 0.273 e. The lowest BCUT2D eigenvalue weighted by Gasteiger charge is -2.10. The highest BCUT2D eigenvalue weighted by Gasteiger charge is 2.18. The minimum absolute atomic E-state index is 0.102. The van der Waals surface area contributed by atoms with E-state index < -0.39 is 21.8 Å². The molecule has 2 aromatic carbocycles. The van der Waals surface area contributed by atoms with Crippen LogP contribution in [0.1, 0.15) is 32.9 Å². The highest BCUT2D eigenvalue weighted by molar-refractivity contribution is 7.89. The summed E-state index contributed by atoms with van der Waals surface area (Å²) in [4.78, 5) is 29.5. The highest BCUT2D eigenvalue weighted by Crippen LogP contribution is 2.27. The number of hydrogen-bond acceptors (Lipinski definition) is 6. The molecule has 3 N–H and O–H groups in total. The second-order valence-corrected chi connectivity index (χ2v) is 9.95. The van der Waals surface area contributed by atoms with Gasteiger partial charge in [-0.05, 0) is 38.0 Å². The summed E-state index contributed by atoms with van der Waals surface area (Å²) in [6.45, 7) is 5.14. The molecule has 0 bridgehead atoms. The second-order valence-electron chi connectivity index (χ2n) is 7.22. The molecule has 0 aliphatic heterocycles. The van der Waals surface area contributed by atoms with E-state index in [2.05, 4.69) is 20.6 Å². The molecule has 0 atom stereocenters. The fourth-order valence-electron chi connectivity index (χ4n) is 2.93. The first-order valence-electron chi connectivity index (χ1n) is 9.86. The first kappa shape index (κ1) is 23.6. The molecule has 0 spiro atoms. The van der Waals surface area contributed by atoms with Crippen molar-refractivity contribution in [3.63, 3.8) is 0 Å². The number of benzene rings is 2. The number of carbonyl (C=O) groups is 2. The molecule has 0 aliphatic rings. The normalized spacial score (nSPS) is 11.2. The van der Waals surface area contributed by atoms with Crippen LogP contribution >= 0.6 is 11.3 Å². The molecule has 3 rings (SSSR count). The molecule has 8 nitrogen and oxygen atoms in total. The van der Waals surface area contributed by atoms with Crippen LogP contribution in [0.25, 0.3) is 10.6 Å². The number of rotatable bonds is 7. The van der Waals surface area contributed by atoms with E-state index in [1.54, 1.807) is 26.0 Å². The number of aryl methyl sites for hydroxylation is 3. The van der Waals surface area contributed by atoms with Crippen molar-refractivity contribution in [2.75, 3.05) is 6.54 Å². The molecule has 3 aromatic rings. The van der Waals surface area contributed by atoms with Crippen molar-refractivity contribution >= 4 is 33.2 Å². The maximum Gasteiger partial charge on any atom is 0.281 e. The van der Waals surface area contributed by atoms with Crippen molar-refractivity contribution in [3.8, 4) is 10.6 Å². The number of thiazole rings is 1. The standard InChI is InChI=1S/C22H24N4O4S2/c1-14-9-10-15(2)18(13-14)32(29,30)23-12-11-19(27)25-26-21(28)20-16(3)24-22(31-20)17-7-5-4-6-8-17/h4-10,13,23H,11-12H2,1-3H3,(H,25,27)(H,26,28). The number of sulfonamides is 1. The molecule has 32 heavy (non-hydrogen) atoms. The van der Waals surface area contributed by atoms with Crippen molar-refractivity contribution in [2.45, 2.75) is 32.1 Å². The Kier molecular flexibility index (Phi) is 7.39. The van der Waals surface area contributed by atoms with Gasteiger partial charge in [0.15, 0.2) is 0 Å². The molecule has 1 heterocycles. The van der Waals surface area contributed by atoms with Crippen LogP contribution < -0.4 is 15.6 Å². The third-order valence-corrected chi connectivity index (χ3v) is 7.42. The number of hydrazine groups is 1. The third kappa shape index (κ3) is 5.78. The first-order chi connectivity index (χ1) is 15.2. The van der Waals surface area contributed by atoms with Gasteiger partial charge < -0.3 is 0 Å². The summed E-state index contributed by atoms with van der Waals surface area (Å²) in [5.41, 5.74) is 7.57. The van der Waals surface area contributed by atoms with Gasteiger partial charge in [-0.15, -0.1) is 11.3 Å². The number of hydrogen-bond donors (Lipinski definition) is 3. The molecular formula is C22H24N4O4S2. The molecule has 0 radical (unpaired) electrons. The second kappa shape index (κ2) is 10.0.